The number of hydrogen-bond acceptors (Lipinski definition) is 3. The number of anilines is 1. The fourth-order valence-corrected chi connectivity index (χ4v) is 2.48. The predicted molar refractivity (Wildman–Crippen MR) is 70.7 cm³/mol. The highest BCUT2D eigenvalue weighted by molar-refractivity contribution is 5.40. The van der Waals surface area contributed by atoms with Crippen molar-refractivity contribution in [2.75, 3.05) is 32.5 Å². The van der Waals surface area contributed by atoms with Gasteiger partial charge in [-0.2, -0.15) is 0 Å². The molecular weight excluding hydrogens is 231 g/mol. The van der Waals surface area contributed by atoms with Crippen LogP contribution in [-0.4, -0.2) is 31.7 Å². The third-order valence-electron chi connectivity index (χ3n) is 3.58. The standard InChI is InChI=1S/C14H21FN2O/c1-18-10-11-4-6-17(7-5-11)9-12-2-3-13(16)8-14(12)15/h2-3,8,11H,4-7,9-10,16H2,1H3. The number of halogens is 1. The summed E-state index contributed by atoms with van der Waals surface area (Å²) in [5.74, 6) is 0.455. The van der Waals surface area contributed by atoms with Gasteiger partial charge in [-0.3, -0.25) is 4.90 Å². The first-order valence-electron chi connectivity index (χ1n) is 6.44. The van der Waals surface area contributed by atoms with Crippen LogP contribution in [0.3, 0.4) is 0 Å². The maximum Gasteiger partial charge on any atom is 0.129 e. The number of methoxy groups -OCH3 is 1. The second kappa shape index (κ2) is 6.16. The van der Waals surface area contributed by atoms with E-state index >= 15 is 0 Å². The molecule has 0 bridgehead atoms. The molecule has 1 aliphatic heterocycles. The Hall–Kier alpha value is -1.13. The Balaban J connectivity index is 1.87. The van der Waals surface area contributed by atoms with E-state index in [1.807, 2.05) is 0 Å². The Morgan fingerprint density at radius 2 is 2.11 bits per heavy atom. The Morgan fingerprint density at radius 3 is 2.72 bits per heavy atom. The zero-order valence-corrected chi connectivity index (χ0v) is 10.9. The van der Waals surface area contributed by atoms with Crippen molar-refractivity contribution in [3.63, 3.8) is 0 Å². The fourth-order valence-electron chi connectivity index (χ4n) is 2.48. The van der Waals surface area contributed by atoms with Crippen LogP contribution >= 0.6 is 0 Å². The maximum absolute atomic E-state index is 13.7. The number of benzene rings is 1. The van der Waals surface area contributed by atoms with Crippen molar-refractivity contribution >= 4 is 5.69 Å². The number of likely N-dealkylation sites (tertiary alicyclic amines) is 1. The zero-order valence-electron chi connectivity index (χ0n) is 10.9. The van der Waals surface area contributed by atoms with E-state index in [0.29, 0.717) is 18.2 Å². The third-order valence-corrected chi connectivity index (χ3v) is 3.58. The Morgan fingerprint density at radius 1 is 1.39 bits per heavy atom. The molecule has 1 heterocycles. The van der Waals surface area contributed by atoms with Gasteiger partial charge in [0.15, 0.2) is 0 Å². The van der Waals surface area contributed by atoms with Crippen molar-refractivity contribution in [1.29, 1.82) is 0 Å². The molecular formula is C14H21FN2O. The first-order valence-corrected chi connectivity index (χ1v) is 6.44. The monoisotopic (exact) mass is 252 g/mol. The van der Waals surface area contributed by atoms with Crippen LogP contribution in [0.1, 0.15) is 18.4 Å². The third kappa shape index (κ3) is 3.43. The van der Waals surface area contributed by atoms with Gasteiger partial charge in [-0.05, 0) is 44.0 Å². The molecule has 1 fully saturated rings. The Labute approximate surface area is 108 Å². The lowest BCUT2D eigenvalue weighted by Crippen LogP contribution is -2.34. The summed E-state index contributed by atoms with van der Waals surface area (Å²) in [5, 5.41) is 0. The summed E-state index contributed by atoms with van der Waals surface area (Å²) < 4.78 is 18.9. The molecule has 2 N–H and O–H groups in total. The van der Waals surface area contributed by atoms with E-state index in [1.165, 1.54) is 6.07 Å². The quantitative estimate of drug-likeness (QED) is 0.835. The van der Waals surface area contributed by atoms with E-state index in [2.05, 4.69) is 4.90 Å². The second-order valence-corrected chi connectivity index (χ2v) is 5.03. The molecule has 0 amide bonds. The number of hydrogen-bond donors (Lipinski definition) is 1. The molecule has 0 saturated carbocycles. The maximum atomic E-state index is 13.7. The van der Waals surface area contributed by atoms with E-state index in [1.54, 1.807) is 19.2 Å². The van der Waals surface area contributed by atoms with Crippen LogP contribution in [0.25, 0.3) is 0 Å². The van der Waals surface area contributed by atoms with Crippen LogP contribution in [0.15, 0.2) is 18.2 Å². The van der Waals surface area contributed by atoms with Gasteiger partial charge in [-0.1, -0.05) is 6.07 Å². The van der Waals surface area contributed by atoms with Crippen LogP contribution in [0.5, 0.6) is 0 Å². The summed E-state index contributed by atoms with van der Waals surface area (Å²) in [7, 11) is 1.75. The number of nitrogen functional groups attached to an aromatic ring is 1. The van der Waals surface area contributed by atoms with Gasteiger partial charge in [0, 0.05) is 31.5 Å². The van der Waals surface area contributed by atoms with E-state index in [4.69, 9.17) is 10.5 Å². The lowest BCUT2D eigenvalue weighted by atomic mass is 9.97. The van der Waals surface area contributed by atoms with Crippen molar-refractivity contribution in [2.45, 2.75) is 19.4 Å². The van der Waals surface area contributed by atoms with Crippen LogP contribution in [0, 0.1) is 11.7 Å². The molecule has 1 saturated heterocycles. The highest BCUT2D eigenvalue weighted by Gasteiger charge is 2.19. The van der Waals surface area contributed by atoms with Crippen molar-refractivity contribution in [2.24, 2.45) is 5.92 Å². The molecule has 3 nitrogen and oxygen atoms in total. The van der Waals surface area contributed by atoms with Crippen molar-refractivity contribution in [1.82, 2.24) is 4.90 Å². The van der Waals surface area contributed by atoms with Crippen LogP contribution in [-0.2, 0) is 11.3 Å². The number of rotatable bonds is 4. The summed E-state index contributed by atoms with van der Waals surface area (Å²) in [4.78, 5) is 2.29. The van der Waals surface area contributed by atoms with Crippen molar-refractivity contribution in [3.05, 3.63) is 29.6 Å². The smallest absolute Gasteiger partial charge is 0.129 e. The molecule has 100 valence electrons. The van der Waals surface area contributed by atoms with Crippen molar-refractivity contribution < 1.29 is 9.13 Å². The Kier molecular flexibility index (Phi) is 4.55. The van der Waals surface area contributed by atoms with Gasteiger partial charge in [0.05, 0.1) is 0 Å². The number of piperidine rings is 1. The first-order chi connectivity index (χ1) is 8.69. The van der Waals surface area contributed by atoms with E-state index < -0.39 is 0 Å². The zero-order chi connectivity index (χ0) is 13.0. The van der Waals surface area contributed by atoms with Crippen LogP contribution < -0.4 is 5.73 Å². The molecule has 0 spiro atoms. The van der Waals surface area contributed by atoms with E-state index in [0.717, 1.165) is 38.1 Å². The fraction of sp³-hybridized carbons (Fsp3) is 0.571. The summed E-state index contributed by atoms with van der Waals surface area (Å²) >= 11 is 0. The van der Waals surface area contributed by atoms with Crippen molar-refractivity contribution in [3.8, 4) is 0 Å². The summed E-state index contributed by atoms with van der Waals surface area (Å²) in [6.07, 6.45) is 2.26. The van der Waals surface area contributed by atoms with Gasteiger partial charge in [-0.15, -0.1) is 0 Å². The SMILES string of the molecule is COCC1CCN(Cc2ccc(N)cc2F)CC1. The van der Waals surface area contributed by atoms with Gasteiger partial charge in [0.1, 0.15) is 5.82 Å². The molecule has 1 aromatic carbocycles. The number of ether oxygens (including phenoxy) is 1. The molecule has 0 atom stereocenters. The minimum absolute atomic E-state index is 0.200. The Bertz CT molecular complexity index is 389. The highest BCUT2D eigenvalue weighted by atomic mass is 19.1. The summed E-state index contributed by atoms with van der Waals surface area (Å²) in [6, 6.07) is 4.94. The lowest BCUT2D eigenvalue weighted by Gasteiger charge is -2.31. The minimum Gasteiger partial charge on any atom is -0.399 e. The average molecular weight is 252 g/mol. The average Bonchev–Trinajstić information content (AvgIpc) is 2.35. The first kappa shape index (κ1) is 13.3. The summed E-state index contributed by atoms with van der Waals surface area (Å²) in [6.45, 7) is 3.53. The largest absolute Gasteiger partial charge is 0.399 e. The molecule has 2 rings (SSSR count). The van der Waals surface area contributed by atoms with E-state index in [-0.39, 0.29) is 5.82 Å². The number of nitrogens with two attached hydrogens (primary N) is 1. The van der Waals surface area contributed by atoms with Crippen LogP contribution in [0.4, 0.5) is 10.1 Å². The second-order valence-electron chi connectivity index (χ2n) is 5.03. The van der Waals surface area contributed by atoms with Gasteiger partial charge >= 0.3 is 0 Å². The number of nitrogens with zero attached hydrogens (tertiary/aromatic N) is 1. The van der Waals surface area contributed by atoms with Gasteiger partial charge in [0.25, 0.3) is 0 Å². The molecule has 18 heavy (non-hydrogen) atoms. The van der Waals surface area contributed by atoms with Gasteiger partial charge in [0.2, 0.25) is 0 Å². The molecule has 0 aromatic heterocycles. The van der Waals surface area contributed by atoms with Gasteiger partial charge in [-0.25, -0.2) is 4.39 Å². The summed E-state index contributed by atoms with van der Waals surface area (Å²) in [5.41, 5.74) is 6.76. The minimum atomic E-state index is -0.200. The molecule has 1 aliphatic rings. The van der Waals surface area contributed by atoms with Crippen LogP contribution in [0.2, 0.25) is 0 Å². The molecule has 0 radical (unpaired) electrons. The molecule has 1 aromatic rings. The molecule has 4 heteroatoms. The normalized spacial score (nSPS) is 18.1. The lowest BCUT2D eigenvalue weighted by molar-refractivity contribution is 0.0964. The predicted octanol–water partition coefficient (Wildman–Crippen LogP) is 2.27. The highest BCUT2D eigenvalue weighted by Crippen LogP contribution is 2.20. The topological polar surface area (TPSA) is 38.5 Å². The molecule has 0 aliphatic carbocycles. The van der Waals surface area contributed by atoms with E-state index in [9.17, 15) is 4.39 Å². The molecule has 0 unspecified atom stereocenters. The van der Waals surface area contributed by atoms with Gasteiger partial charge < -0.3 is 10.5 Å².